The molecule has 2 amide bonds. The SMILES string of the molecule is CCc1cccc(C)c1NC(=O)CSc1nnc(C(C)NC(=O)c2ccccc2Cl)n1C. The summed E-state index contributed by atoms with van der Waals surface area (Å²) in [6.07, 6.45) is 0.842. The van der Waals surface area contributed by atoms with E-state index in [1.807, 2.05) is 39.1 Å². The van der Waals surface area contributed by atoms with Crippen LogP contribution in [0.2, 0.25) is 5.02 Å². The first-order valence-corrected chi connectivity index (χ1v) is 11.6. The molecule has 0 saturated carbocycles. The number of amides is 2. The van der Waals surface area contributed by atoms with Crippen LogP contribution >= 0.6 is 23.4 Å². The average Bonchev–Trinajstić information content (AvgIpc) is 3.14. The Morgan fingerprint density at radius 1 is 1.16 bits per heavy atom. The molecule has 0 bridgehead atoms. The van der Waals surface area contributed by atoms with Gasteiger partial charge in [-0.2, -0.15) is 0 Å². The third-order valence-corrected chi connectivity index (χ3v) is 6.41. The maximum atomic E-state index is 12.5. The molecular formula is C23H26ClN5O2S. The normalized spacial score (nSPS) is 11.8. The van der Waals surface area contributed by atoms with Crippen molar-refractivity contribution in [3.8, 4) is 0 Å². The highest BCUT2D eigenvalue weighted by atomic mass is 35.5. The molecule has 0 saturated heterocycles. The Balaban J connectivity index is 1.62. The van der Waals surface area contributed by atoms with E-state index in [9.17, 15) is 9.59 Å². The van der Waals surface area contributed by atoms with Gasteiger partial charge >= 0.3 is 0 Å². The third-order valence-electron chi connectivity index (χ3n) is 5.06. The summed E-state index contributed by atoms with van der Waals surface area (Å²) in [5, 5.41) is 15.3. The zero-order valence-corrected chi connectivity index (χ0v) is 20.0. The monoisotopic (exact) mass is 471 g/mol. The number of aromatic nitrogens is 3. The number of hydrogen-bond donors (Lipinski definition) is 2. The summed E-state index contributed by atoms with van der Waals surface area (Å²) in [6.45, 7) is 5.87. The summed E-state index contributed by atoms with van der Waals surface area (Å²) in [7, 11) is 1.81. The van der Waals surface area contributed by atoms with Crippen molar-refractivity contribution in [2.24, 2.45) is 7.05 Å². The quantitative estimate of drug-likeness (QED) is 0.470. The van der Waals surface area contributed by atoms with E-state index < -0.39 is 6.04 Å². The zero-order chi connectivity index (χ0) is 23.3. The Morgan fingerprint density at radius 2 is 1.91 bits per heavy atom. The number of halogens is 1. The summed E-state index contributed by atoms with van der Waals surface area (Å²) < 4.78 is 1.78. The van der Waals surface area contributed by atoms with E-state index in [4.69, 9.17) is 11.6 Å². The van der Waals surface area contributed by atoms with Crippen LogP contribution in [-0.2, 0) is 18.3 Å². The third kappa shape index (κ3) is 5.49. The molecule has 0 aliphatic heterocycles. The first-order chi connectivity index (χ1) is 15.3. The molecule has 9 heteroatoms. The summed E-state index contributed by atoms with van der Waals surface area (Å²) in [4.78, 5) is 25.1. The standard InChI is InChI=1S/C23H26ClN5O2S/c1-5-16-10-8-9-14(2)20(16)26-19(30)13-32-23-28-27-21(29(23)4)15(3)25-22(31)17-11-6-7-12-18(17)24/h6-12,15H,5,13H2,1-4H3,(H,25,31)(H,26,30). The van der Waals surface area contributed by atoms with Crippen LogP contribution in [-0.4, -0.2) is 32.3 Å². The molecule has 0 fully saturated rings. The molecule has 32 heavy (non-hydrogen) atoms. The summed E-state index contributed by atoms with van der Waals surface area (Å²) in [5.41, 5.74) is 3.41. The topological polar surface area (TPSA) is 88.9 Å². The number of thioether (sulfide) groups is 1. The van der Waals surface area contributed by atoms with Crippen LogP contribution in [0.5, 0.6) is 0 Å². The number of aryl methyl sites for hydroxylation is 2. The molecule has 0 aliphatic carbocycles. The summed E-state index contributed by atoms with van der Waals surface area (Å²) in [5.74, 6) is 0.387. The van der Waals surface area contributed by atoms with Gasteiger partial charge < -0.3 is 15.2 Å². The number of para-hydroxylation sites is 1. The van der Waals surface area contributed by atoms with E-state index in [2.05, 4.69) is 27.8 Å². The molecule has 168 valence electrons. The van der Waals surface area contributed by atoms with Crippen molar-refractivity contribution in [2.75, 3.05) is 11.1 Å². The van der Waals surface area contributed by atoms with Crippen LogP contribution in [0.4, 0.5) is 5.69 Å². The summed E-state index contributed by atoms with van der Waals surface area (Å²) in [6, 6.07) is 12.5. The van der Waals surface area contributed by atoms with Gasteiger partial charge in [0, 0.05) is 12.7 Å². The van der Waals surface area contributed by atoms with Crippen LogP contribution in [0, 0.1) is 6.92 Å². The van der Waals surface area contributed by atoms with Gasteiger partial charge in [0.2, 0.25) is 5.91 Å². The van der Waals surface area contributed by atoms with Gasteiger partial charge in [-0.25, -0.2) is 0 Å². The highest BCUT2D eigenvalue weighted by molar-refractivity contribution is 7.99. The van der Waals surface area contributed by atoms with E-state index in [1.165, 1.54) is 11.8 Å². The molecule has 0 aliphatic rings. The van der Waals surface area contributed by atoms with Crippen molar-refractivity contribution in [3.05, 3.63) is 70.0 Å². The van der Waals surface area contributed by atoms with Crippen molar-refractivity contribution < 1.29 is 9.59 Å². The highest BCUT2D eigenvalue weighted by Crippen LogP contribution is 2.23. The first kappa shape index (κ1) is 23.8. The second-order valence-electron chi connectivity index (χ2n) is 7.37. The largest absolute Gasteiger partial charge is 0.342 e. The molecule has 1 atom stereocenters. The van der Waals surface area contributed by atoms with Gasteiger partial charge in [-0.1, -0.05) is 60.6 Å². The molecule has 1 unspecified atom stereocenters. The molecule has 2 N–H and O–H groups in total. The van der Waals surface area contributed by atoms with E-state index in [1.54, 1.807) is 28.8 Å². The molecule has 2 aromatic carbocycles. The average molecular weight is 472 g/mol. The first-order valence-electron chi connectivity index (χ1n) is 10.3. The Labute approximate surface area is 197 Å². The van der Waals surface area contributed by atoms with Gasteiger partial charge in [-0.3, -0.25) is 9.59 Å². The van der Waals surface area contributed by atoms with Crippen LogP contribution in [0.3, 0.4) is 0 Å². The predicted molar refractivity (Wildman–Crippen MR) is 128 cm³/mol. The molecule has 1 aromatic heterocycles. The molecule has 0 radical (unpaired) electrons. The van der Waals surface area contributed by atoms with E-state index >= 15 is 0 Å². The molecular weight excluding hydrogens is 446 g/mol. The lowest BCUT2D eigenvalue weighted by Gasteiger charge is -2.14. The Bertz CT molecular complexity index is 1130. The lowest BCUT2D eigenvalue weighted by atomic mass is 10.1. The number of benzene rings is 2. The fraction of sp³-hybridized carbons (Fsp3) is 0.304. The van der Waals surface area contributed by atoms with E-state index in [0.29, 0.717) is 21.6 Å². The smallest absolute Gasteiger partial charge is 0.253 e. The fourth-order valence-corrected chi connectivity index (χ4v) is 4.26. The molecule has 3 aromatic rings. The van der Waals surface area contributed by atoms with Gasteiger partial charge in [0.15, 0.2) is 11.0 Å². The van der Waals surface area contributed by atoms with Crippen molar-refractivity contribution in [1.82, 2.24) is 20.1 Å². The minimum Gasteiger partial charge on any atom is -0.342 e. The lowest BCUT2D eigenvalue weighted by Crippen LogP contribution is -2.28. The zero-order valence-electron chi connectivity index (χ0n) is 18.5. The minimum absolute atomic E-state index is 0.108. The maximum Gasteiger partial charge on any atom is 0.253 e. The van der Waals surface area contributed by atoms with Gasteiger partial charge in [0.05, 0.1) is 22.4 Å². The second-order valence-corrected chi connectivity index (χ2v) is 8.72. The van der Waals surface area contributed by atoms with Gasteiger partial charge in [-0.05, 0) is 43.5 Å². The predicted octanol–water partition coefficient (Wildman–Crippen LogP) is 4.56. The van der Waals surface area contributed by atoms with Gasteiger partial charge in [0.1, 0.15) is 0 Å². The van der Waals surface area contributed by atoms with Gasteiger partial charge in [0.25, 0.3) is 5.91 Å². The molecule has 0 spiro atoms. The van der Waals surface area contributed by atoms with Crippen molar-refractivity contribution in [1.29, 1.82) is 0 Å². The van der Waals surface area contributed by atoms with Crippen molar-refractivity contribution in [3.63, 3.8) is 0 Å². The maximum absolute atomic E-state index is 12.5. The number of anilines is 1. The minimum atomic E-state index is -0.390. The number of rotatable bonds is 8. The Kier molecular flexibility index (Phi) is 7.93. The molecule has 3 rings (SSSR count). The number of nitrogens with one attached hydrogen (secondary N) is 2. The van der Waals surface area contributed by atoms with E-state index in [0.717, 1.165) is 23.2 Å². The van der Waals surface area contributed by atoms with E-state index in [-0.39, 0.29) is 17.6 Å². The van der Waals surface area contributed by atoms with Crippen molar-refractivity contribution >= 4 is 40.9 Å². The Hall–Kier alpha value is -2.84. The Morgan fingerprint density at radius 3 is 2.62 bits per heavy atom. The molecule has 7 nitrogen and oxygen atoms in total. The summed E-state index contributed by atoms with van der Waals surface area (Å²) >= 11 is 7.40. The van der Waals surface area contributed by atoms with Crippen LogP contribution in [0.25, 0.3) is 0 Å². The van der Waals surface area contributed by atoms with Crippen LogP contribution in [0.15, 0.2) is 47.6 Å². The number of carbonyl (C=O) groups is 2. The number of hydrogen-bond acceptors (Lipinski definition) is 5. The van der Waals surface area contributed by atoms with Gasteiger partial charge in [-0.15, -0.1) is 10.2 Å². The number of nitrogens with zero attached hydrogens (tertiary/aromatic N) is 3. The highest BCUT2D eigenvalue weighted by Gasteiger charge is 2.20. The van der Waals surface area contributed by atoms with Crippen LogP contribution < -0.4 is 10.6 Å². The lowest BCUT2D eigenvalue weighted by molar-refractivity contribution is -0.113. The molecule has 1 heterocycles. The second kappa shape index (κ2) is 10.7. The van der Waals surface area contributed by atoms with Crippen molar-refractivity contribution in [2.45, 2.75) is 38.4 Å². The van der Waals surface area contributed by atoms with Crippen LogP contribution in [0.1, 0.15) is 47.2 Å². The number of carbonyl (C=O) groups excluding carboxylic acids is 2. The fourth-order valence-electron chi connectivity index (χ4n) is 3.32.